The van der Waals surface area contributed by atoms with E-state index in [9.17, 15) is 4.79 Å². The summed E-state index contributed by atoms with van der Waals surface area (Å²) in [4.78, 5) is 21.4. The van der Waals surface area contributed by atoms with Crippen LogP contribution < -0.4 is 5.32 Å². The molecular weight excluding hydrogens is 278 g/mol. The lowest BCUT2D eigenvalue weighted by atomic mass is 10.2. The van der Waals surface area contributed by atoms with E-state index in [1.165, 1.54) is 22.7 Å². The first-order valence-corrected chi connectivity index (χ1v) is 7.43. The maximum atomic E-state index is 11.9. The van der Waals surface area contributed by atoms with Gasteiger partial charge in [-0.3, -0.25) is 10.1 Å². The minimum absolute atomic E-state index is 0.122. The molecule has 0 aliphatic rings. The highest BCUT2D eigenvalue weighted by Gasteiger charge is 2.12. The number of carbonyl (C=O) groups is 1. The third kappa shape index (κ3) is 2.36. The van der Waals surface area contributed by atoms with Crippen LogP contribution in [0.15, 0.2) is 23.6 Å². The second-order valence-electron chi connectivity index (χ2n) is 4.18. The van der Waals surface area contributed by atoms with Gasteiger partial charge in [0.2, 0.25) is 0 Å². The molecule has 0 aromatic carbocycles. The highest BCUT2D eigenvalue weighted by Crippen LogP contribution is 2.28. The summed E-state index contributed by atoms with van der Waals surface area (Å²) in [6.45, 7) is 3.97. The molecule has 0 radical (unpaired) electrons. The van der Waals surface area contributed by atoms with Crippen molar-refractivity contribution in [2.45, 2.75) is 13.8 Å². The van der Waals surface area contributed by atoms with Crippen molar-refractivity contribution >= 4 is 44.1 Å². The smallest absolute Gasteiger partial charge is 0.267 e. The van der Waals surface area contributed by atoms with E-state index in [2.05, 4.69) is 15.3 Å². The zero-order valence-electron chi connectivity index (χ0n) is 10.4. The number of fused-ring (bicyclic) bond motifs is 1. The van der Waals surface area contributed by atoms with E-state index < -0.39 is 0 Å². The highest BCUT2D eigenvalue weighted by atomic mass is 32.1. The summed E-state index contributed by atoms with van der Waals surface area (Å²) in [7, 11) is 0. The topological polar surface area (TPSA) is 54.9 Å². The fraction of sp³-hybridized carbons (Fsp3) is 0.154. The van der Waals surface area contributed by atoms with Crippen molar-refractivity contribution in [3.8, 4) is 0 Å². The average molecular weight is 289 g/mol. The molecule has 0 bridgehead atoms. The summed E-state index contributed by atoms with van der Waals surface area (Å²) in [5.74, 6) is -0.122. The zero-order valence-corrected chi connectivity index (χ0v) is 12.1. The quantitative estimate of drug-likeness (QED) is 0.784. The van der Waals surface area contributed by atoms with E-state index >= 15 is 0 Å². The Kier molecular flexibility index (Phi) is 3.04. The Morgan fingerprint density at radius 2 is 2.16 bits per heavy atom. The van der Waals surface area contributed by atoms with E-state index in [1.54, 1.807) is 6.07 Å². The molecule has 6 heteroatoms. The molecule has 0 aliphatic heterocycles. The maximum Gasteiger partial charge on any atom is 0.267 e. The van der Waals surface area contributed by atoms with Crippen LogP contribution in [-0.4, -0.2) is 15.9 Å². The highest BCUT2D eigenvalue weighted by molar-refractivity contribution is 7.22. The molecule has 1 N–H and O–H groups in total. The Labute approximate surface area is 118 Å². The lowest BCUT2D eigenvalue weighted by Crippen LogP contribution is -2.09. The van der Waals surface area contributed by atoms with Crippen molar-refractivity contribution in [2.24, 2.45) is 0 Å². The fourth-order valence-electron chi connectivity index (χ4n) is 1.84. The molecule has 3 aromatic heterocycles. The van der Waals surface area contributed by atoms with Gasteiger partial charge in [-0.15, -0.1) is 11.3 Å². The van der Waals surface area contributed by atoms with Crippen molar-refractivity contribution in [3.05, 3.63) is 39.7 Å². The van der Waals surface area contributed by atoms with Gasteiger partial charge < -0.3 is 0 Å². The number of carbonyl (C=O) groups excluding carboxylic acids is 1. The molecule has 0 saturated heterocycles. The van der Waals surface area contributed by atoms with E-state index in [-0.39, 0.29) is 5.91 Å². The lowest BCUT2D eigenvalue weighted by Gasteiger charge is -1.96. The average Bonchev–Trinajstić information content (AvgIpc) is 2.96. The SMILES string of the molecule is Cc1cc(C)c2sc(NC(=O)c3cccs3)nc2n1. The van der Waals surface area contributed by atoms with Crippen molar-refractivity contribution in [1.82, 2.24) is 9.97 Å². The second-order valence-corrected chi connectivity index (χ2v) is 6.13. The van der Waals surface area contributed by atoms with Gasteiger partial charge in [-0.25, -0.2) is 4.98 Å². The molecule has 0 unspecified atom stereocenters. The molecule has 0 atom stereocenters. The third-order valence-electron chi connectivity index (χ3n) is 2.64. The molecule has 0 aliphatic carbocycles. The van der Waals surface area contributed by atoms with Crippen LogP contribution in [0.4, 0.5) is 5.13 Å². The van der Waals surface area contributed by atoms with E-state index in [0.717, 1.165) is 16.0 Å². The number of amides is 1. The molecule has 0 saturated carbocycles. The predicted molar refractivity (Wildman–Crippen MR) is 79.2 cm³/mol. The van der Waals surface area contributed by atoms with Gasteiger partial charge in [-0.1, -0.05) is 17.4 Å². The minimum atomic E-state index is -0.122. The van der Waals surface area contributed by atoms with E-state index in [0.29, 0.717) is 15.7 Å². The van der Waals surface area contributed by atoms with Gasteiger partial charge in [0.25, 0.3) is 5.91 Å². The molecule has 0 spiro atoms. The summed E-state index contributed by atoms with van der Waals surface area (Å²) in [5.41, 5.74) is 2.77. The monoisotopic (exact) mass is 289 g/mol. The third-order valence-corrected chi connectivity index (χ3v) is 4.60. The molecule has 1 amide bonds. The van der Waals surface area contributed by atoms with Gasteiger partial charge in [-0.05, 0) is 36.9 Å². The van der Waals surface area contributed by atoms with Crippen LogP contribution >= 0.6 is 22.7 Å². The van der Waals surface area contributed by atoms with Crippen LogP contribution in [-0.2, 0) is 0 Å². The van der Waals surface area contributed by atoms with Crippen LogP contribution in [0.5, 0.6) is 0 Å². The second kappa shape index (κ2) is 4.71. The van der Waals surface area contributed by atoms with Crippen LogP contribution in [0.3, 0.4) is 0 Å². The molecule has 19 heavy (non-hydrogen) atoms. The largest absolute Gasteiger partial charge is 0.297 e. The molecular formula is C13H11N3OS2. The number of nitrogens with one attached hydrogen (secondary N) is 1. The predicted octanol–water partition coefficient (Wildman–Crippen LogP) is 3.62. The number of thiazole rings is 1. The molecule has 3 aromatic rings. The Morgan fingerprint density at radius 3 is 2.89 bits per heavy atom. The normalized spacial score (nSPS) is 10.8. The first-order chi connectivity index (χ1) is 9.13. The number of anilines is 1. The van der Waals surface area contributed by atoms with Gasteiger partial charge in [0.1, 0.15) is 0 Å². The van der Waals surface area contributed by atoms with Crippen molar-refractivity contribution in [1.29, 1.82) is 0 Å². The lowest BCUT2D eigenvalue weighted by molar-refractivity contribution is 0.103. The molecule has 96 valence electrons. The number of hydrogen-bond donors (Lipinski definition) is 1. The summed E-state index contributed by atoms with van der Waals surface area (Å²) in [6, 6.07) is 5.67. The summed E-state index contributed by atoms with van der Waals surface area (Å²) < 4.78 is 1.02. The summed E-state index contributed by atoms with van der Waals surface area (Å²) >= 11 is 2.87. The Hall–Kier alpha value is -1.79. The van der Waals surface area contributed by atoms with Crippen LogP contribution in [0, 0.1) is 13.8 Å². The molecule has 4 nitrogen and oxygen atoms in total. The Morgan fingerprint density at radius 1 is 1.32 bits per heavy atom. The first kappa shape index (κ1) is 12.3. The number of hydrogen-bond acceptors (Lipinski definition) is 5. The Balaban J connectivity index is 1.94. The number of thiophene rings is 1. The van der Waals surface area contributed by atoms with E-state index in [1.807, 2.05) is 31.4 Å². The van der Waals surface area contributed by atoms with Gasteiger partial charge in [0.05, 0.1) is 9.58 Å². The van der Waals surface area contributed by atoms with Gasteiger partial charge in [-0.2, -0.15) is 4.98 Å². The van der Waals surface area contributed by atoms with Crippen LogP contribution in [0.2, 0.25) is 0 Å². The van der Waals surface area contributed by atoms with Crippen LogP contribution in [0.1, 0.15) is 20.9 Å². The number of nitrogens with zero attached hydrogens (tertiary/aromatic N) is 2. The van der Waals surface area contributed by atoms with Crippen molar-refractivity contribution in [3.63, 3.8) is 0 Å². The summed E-state index contributed by atoms with van der Waals surface area (Å²) in [6.07, 6.45) is 0. The Bertz CT molecular complexity index is 747. The van der Waals surface area contributed by atoms with Crippen LogP contribution in [0.25, 0.3) is 10.3 Å². The number of pyridine rings is 1. The fourth-order valence-corrected chi connectivity index (χ4v) is 3.33. The van der Waals surface area contributed by atoms with Crippen molar-refractivity contribution < 1.29 is 4.79 Å². The number of aryl methyl sites for hydroxylation is 2. The van der Waals surface area contributed by atoms with Gasteiger partial charge in [0.15, 0.2) is 10.8 Å². The standard InChI is InChI=1S/C13H11N3OS2/c1-7-6-8(2)14-11-10(7)19-13(15-11)16-12(17)9-4-3-5-18-9/h3-6H,1-2H3,(H,14,15,16,17). The van der Waals surface area contributed by atoms with Gasteiger partial charge in [0, 0.05) is 5.69 Å². The molecule has 3 rings (SSSR count). The molecule has 3 heterocycles. The van der Waals surface area contributed by atoms with E-state index in [4.69, 9.17) is 0 Å². The first-order valence-electron chi connectivity index (χ1n) is 5.73. The number of rotatable bonds is 2. The zero-order chi connectivity index (χ0) is 13.4. The maximum absolute atomic E-state index is 11.9. The van der Waals surface area contributed by atoms with Crippen molar-refractivity contribution in [2.75, 3.05) is 5.32 Å². The summed E-state index contributed by atoms with van der Waals surface area (Å²) in [5, 5.41) is 5.29. The number of aromatic nitrogens is 2. The minimum Gasteiger partial charge on any atom is -0.297 e. The van der Waals surface area contributed by atoms with Gasteiger partial charge >= 0.3 is 0 Å². The molecule has 0 fully saturated rings.